The van der Waals surface area contributed by atoms with Gasteiger partial charge in [0.25, 0.3) is 0 Å². The van der Waals surface area contributed by atoms with Crippen LogP contribution in [0.1, 0.15) is 26.3 Å². The summed E-state index contributed by atoms with van der Waals surface area (Å²) in [5.41, 5.74) is 5.76. The van der Waals surface area contributed by atoms with Crippen molar-refractivity contribution >= 4 is 0 Å². The van der Waals surface area contributed by atoms with Gasteiger partial charge in [-0.05, 0) is 31.0 Å². The van der Waals surface area contributed by atoms with Crippen molar-refractivity contribution < 1.29 is 8.78 Å². The SMILES string of the molecule is CC(C)C(C)(CN)NCc1cc(F)ccc1F. The summed E-state index contributed by atoms with van der Waals surface area (Å²) in [6.45, 7) is 6.79. The van der Waals surface area contributed by atoms with Crippen LogP contribution in [0.15, 0.2) is 18.2 Å². The first-order valence-corrected chi connectivity index (χ1v) is 5.78. The van der Waals surface area contributed by atoms with Crippen LogP contribution in [0.25, 0.3) is 0 Å². The van der Waals surface area contributed by atoms with E-state index in [4.69, 9.17) is 5.73 Å². The normalized spacial score (nSPS) is 15.0. The van der Waals surface area contributed by atoms with Crippen molar-refractivity contribution in [1.82, 2.24) is 5.32 Å². The topological polar surface area (TPSA) is 38.0 Å². The van der Waals surface area contributed by atoms with Crippen LogP contribution in [0, 0.1) is 17.6 Å². The van der Waals surface area contributed by atoms with Crippen LogP contribution in [-0.4, -0.2) is 12.1 Å². The van der Waals surface area contributed by atoms with Crippen LogP contribution in [0.3, 0.4) is 0 Å². The molecule has 0 aromatic heterocycles. The fourth-order valence-corrected chi connectivity index (χ4v) is 1.49. The van der Waals surface area contributed by atoms with Crippen LogP contribution in [0.4, 0.5) is 8.78 Å². The van der Waals surface area contributed by atoms with E-state index >= 15 is 0 Å². The van der Waals surface area contributed by atoms with E-state index in [-0.39, 0.29) is 12.1 Å². The second kappa shape index (κ2) is 5.56. The van der Waals surface area contributed by atoms with Gasteiger partial charge in [-0.15, -0.1) is 0 Å². The third kappa shape index (κ3) is 3.48. The Morgan fingerprint density at radius 1 is 1.35 bits per heavy atom. The summed E-state index contributed by atoms with van der Waals surface area (Å²) < 4.78 is 26.4. The lowest BCUT2D eigenvalue weighted by Gasteiger charge is -2.34. The van der Waals surface area contributed by atoms with Gasteiger partial charge in [0.2, 0.25) is 0 Å². The Morgan fingerprint density at radius 3 is 2.53 bits per heavy atom. The molecule has 0 amide bonds. The van der Waals surface area contributed by atoms with Crippen molar-refractivity contribution in [3.63, 3.8) is 0 Å². The van der Waals surface area contributed by atoms with E-state index in [1.165, 1.54) is 6.07 Å². The van der Waals surface area contributed by atoms with Crippen LogP contribution in [0.2, 0.25) is 0 Å². The standard InChI is InChI=1S/C13H20F2N2/c1-9(2)13(3,8-16)17-7-10-6-11(14)4-5-12(10)15/h4-6,9,17H,7-8,16H2,1-3H3. The van der Waals surface area contributed by atoms with Gasteiger partial charge in [-0.2, -0.15) is 0 Å². The molecule has 0 heterocycles. The summed E-state index contributed by atoms with van der Waals surface area (Å²) >= 11 is 0. The third-order valence-electron chi connectivity index (χ3n) is 3.39. The molecule has 17 heavy (non-hydrogen) atoms. The van der Waals surface area contributed by atoms with Crippen molar-refractivity contribution in [2.75, 3.05) is 6.54 Å². The molecule has 96 valence electrons. The van der Waals surface area contributed by atoms with E-state index in [2.05, 4.69) is 5.32 Å². The Hall–Kier alpha value is -1.00. The van der Waals surface area contributed by atoms with Crippen molar-refractivity contribution in [3.05, 3.63) is 35.4 Å². The van der Waals surface area contributed by atoms with Crippen molar-refractivity contribution in [3.8, 4) is 0 Å². The average molecular weight is 242 g/mol. The molecule has 2 nitrogen and oxygen atoms in total. The van der Waals surface area contributed by atoms with Crippen LogP contribution < -0.4 is 11.1 Å². The Kier molecular flexibility index (Phi) is 4.60. The van der Waals surface area contributed by atoms with Crippen LogP contribution in [-0.2, 0) is 6.54 Å². The number of nitrogens with one attached hydrogen (secondary N) is 1. The van der Waals surface area contributed by atoms with E-state index in [0.29, 0.717) is 18.0 Å². The molecule has 0 bridgehead atoms. The summed E-state index contributed by atoms with van der Waals surface area (Å²) in [4.78, 5) is 0. The molecule has 0 spiro atoms. The second-order valence-electron chi connectivity index (χ2n) is 4.87. The maximum absolute atomic E-state index is 13.4. The molecule has 1 rings (SSSR count). The lowest BCUT2D eigenvalue weighted by atomic mass is 9.88. The molecule has 1 aromatic rings. The number of benzene rings is 1. The van der Waals surface area contributed by atoms with Gasteiger partial charge in [-0.1, -0.05) is 13.8 Å². The highest BCUT2D eigenvalue weighted by Gasteiger charge is 2.26. The van der Waals surface area contributed by atoms with E-state index in [1.54, 1.807) is 0 Å². The van der Waals surface area contributed by atoms with Gasteiger partial charge in [-0.25, -0.2) is 8.78 Å². The van der Waals surface area contributed by atoms with Crippen LogP contribution >= 0.6 is 0 Å². The molecule has 0 saturated heterocycles. The molecule has 0 saturated carbocycles. The number of halogens is 2. The van der Waals surface area contributed by atoms with Gasteiger partial charge in [-0.3, -0.25) is 0 Å². The third-order valence-corrected chi connectivity index (χ3v) is 3.39. The van der Waals surface area contributed by atoms with Crippen LogP contribution in [0.5, 0.6) is 0 Å². The lowest BCUT2D eigenvalue weighted by Crippen LogP contribution is -2.52. The Balaban J connectivity index is 2.75. The summed E-state index contributed by atoms with van der Waals surface area (Å²) in [6.07, 6.45) is 0. The highest BCUT2D eigenvalue weighted by molar-refractivity contribution is 5.18. The summed E-state index contributed by atoms with van der Waals surface area (Å²) in [6, 6.07) is 3.46. The Labute approximate surface area is 101 Å². The minimum Gasteiger partial charge on any atom is -0.329 e. The second-order valence-corrected chi connectivity index (χ2v) is 4.87. The average Bonchev–Trinajstić information content (AvgIpc) is 2.29. The summed E-state index contributed by atoms with van der Waals surface area (Å²) in [7, 11) is 0. The number of hydrogen-bond donors (Lipinski definition) is 2. The smallest absolute Gasteiger partial charge is 0.127 e. The molecule has 1 atom stereocenters. The molecule has 4 heteroatoms. The fourth-order valence-electron chi connectivity index (χ4n) is 1.49. The minimum absolute atomic E-state index is 0.273. The zero-order valence-electron chi connectivity index (χ0n) is 10.6. The lowest BCUT2D eigenvalue weighted by molar-refractivity contribution is 0.265. The zero-order chi connectivity index (χ0) is 13.1. The molecule has 0 aliphatic carbocycles. The van der Waals surface area contributed by atoms with E-state index < -0.39 is 11.6 Å². The fraction of sp³-hybridized carbons (Fsp3) is 0.538. The quantitative estimate of drug-likeness (QED) is 0.832. The molecule has 1 aromatic carbocycles. The number of hydrogen-bond acceptors (Lipinski definition) is 2. The van der Waals surface area contributed by atoms with E-state index in [0.717, 1.165) is 12.1 Å². The Morgan fingerprint density at radius 2 is 2.00 bits per heavy atom. The molecule has 0 aliphatic rings. The van der Waals surface area contributed by atoms with Crippen molar-refractivity contribution in [2.45, 2.75) is 32.9 Å². The van der Waals surface area contributed by atoms with Gasteiger partial charge in [0.15, 0.2) is 0 Å². The van der Waals surface area contributed by atoms with Gasteiger partial charge in [0.05, 0.1) is 0 Å². The van der Waals surface area contributed by atoms with Crippen molar-refractivity contribution in [2.24, 2.45) is 11.7 Å². The summed E-state index contributed by atoms with van der Waals surface area (Å²) in [5, 5.41) is 3.20. The first kappa shape index (κ1) is 14.1. The molecular formula is C13H20F2N2. The van der Waals surface area contributed by atoms with E-state index in [1.807, 2.05) is 20.8 Å². The predicted molar refractivity (Wildman–Crippen MR) is 65.5 cm³/mol. The highest BCUT2D eigenvalue weighted by atomic mass is 19.1. The molecule has 0 aliphatic heterocycles. The summed E-state index contributed by atoms with van der Waals surface area (Å²) in [5.74, 6) is -0.520. The highest BCUT2D eigenvalue weighted by Crippen LogP contribution is 2.17. The molecule has 0 fully saturated rings. The number of rotatable bonds is 5. The maximum Gasteiger partial charge on any atom is 0.127 e. The first-order valence-electron chi connectivity index (χ1n) is 5.78. The van der Waals surface area contributed by atoms with Gasteiger partial charge >= 0.3 is 0 Å². The molecule has 0 radical (unpaired) electrons. The molecular weight excluding hydrogens is 222 g/mol. The monoisotopic (exact) mass is 242 g/mol. The minimum atomic E-state index is -0.429. The van der Waals surface area contributed by atoms with Gasteiger partial charge in [0.1, 0.15) is 11.6 Å². The first-order chi connectivity index (χ1) is 7.89. The largest absolute Gasteiger partial charge is 0.329 e. The predicted octanol–water partition coefficient (Wildman–Crippen LogP) is 2.43. The molecule has 3 N–H and O–H groups in total. The maximum atomic E-state index is 13.4. The van der Waals surface area contributed by atoms with Gasteiger partial charge in [0, 0.05) is 24.2 Å². The van der Waals surface area contributed by atoms with E-state index in [9.17, 15) is 8.78 Å². The Bertz CT molecular complexity index is 380. The number of nitrogens with two attached hydrogens (primary N) is 1. The van der Waals surface area contributed by atoms with Gasteiger partial charge < -0.3 is 11.1 Å². The molecule has 1 unspecified atom stereocenters. The van der Waals surface area contributed by atoms with Crippen molar-refractivity contribution in [1.29, 1.82) is 0 Å². The zero-order valence-corrected chi connectivity index (χ0v) is 10.6.